The molecule has 0 N–H and O–H groups in total. The molecule has 3 heterocycles. The summed E-state index contributed by atoms with van der Waals surface area (Å²) >= 11 is 3.07. The van der Waals surface area contributed by atoms with Gasteiger partial charge in [0.25, 0.3) is 5.91 Å². The number of aliphatic imine (C=N–C) groups is 1. The second kappa shape index (κ2) is 8.66. The Morgan fingerprint density at radius 1 is 0.882 bits per heavy atom. The van der Waals surface area contributed by atoms with E-state index in [1.807, 2.05) is 79.8 Å². The molecular formula is C27H20N4OS2. The largest absolute Gasteiger partial charge is 0.337 e. The van der Waals surface area contributed by atoms with Crippen molar-refractivity contribution in [1.82, 2.24) is 9.88 Å². The normalized spacial score (nSPS) is 18.9. The molecule has 0 radical (unpaired) electrons. The Balaban J connectivity index is 1.45. The average molecular weight is 481 g/mol. The maximum absolute atomic E-state index is 13.8. The van der Waals surface area contributed by atoms with Gasteiger partial charge >= 0.3 is 0 Å². The Labute approximate surface area is 206 Å². The van der Waals surface area contributed by atoms with Gasteiger partial charge < -0.3 is 4.90 Å². The van der Waals surface area contributed by atoms with E-state index in [1.54, 1.807) is 22.9 Å². The highest BCUT2D eigenvalue weighted by molar-refractivity contribution is 8.19. The summed E-state index contributed by atoms with van der Waals surface area (Å²) in [5.74, 6) is -0.0250. The fourth-order valence-electron chi connectivity index (χ4n) is 4.11. The van der Waals surface area contributed by atoms with Crippen molar-refractivity contribution in [2.24, 2.45) is 4.99 Å². The Morgan fingerprint density at radius 2 is 1.68 bits per heavy atom. The zero-order valence-corrected chi connectivity index (χ0v) is 20.0. The van der Waals surface area contributed by atoms with Crippen LogP contribution >= 0.6 is 23.5 Å². The molecule has 0 atom stereocenters. The molecule has 0 saturated carbocycles. The van der Waals surface area contributed by atoms with E-state index in [-0.39, 0.29) is 5.91 Å². The van der Waals surface area contributed by atoms with Crippen LogP contribution in [0.15, 0.2) is 111 Å². The van der Waals surface area contributed by atoms with E-state index >= 15 is 0 Å². The Kier molecular flexibility index (Phi) is 5.36. The number of rotatable bonds is 3. The standard InChI is InChI=1S/C27H20N4OS2/c1-30-21-14-5-6-15-22(21)33-26(30)24-25(32)31(17-18-9-3-2-4-10-18)27(34-24)29-20-13-7-11-19-12-8-16-28-23(19)20/h2-16H,17H2,1H3. The van der Waals surface area contributed by atoms with Crippen LogP contribution < -0.4 is 4.90 Å². The third kappa shape index (κ3) is 3.67. The van der Waals surface area contributed by atoms with Crippen LogP contribution in [0.5, 0.6) is 0 Å². The number of aromatic nitrogens is 1. The molecule has 166 valence electrons. The third-order valence-electron chi connectivity index (χ3n) is 5.81. The molecule has 2 aliphatic heterocycles. The second-order valence-corrected chi connectivity index (χ2v) is 10.00. The molecule has 0 spiro atoms. The predicted octanol–water partition coefficient (Wildman–Crippen LogP) is 6.41. The minimum absolute atomic E-state index is 0.0250. The van der Waals surface area contributed by atoms with Crippen LogP contribution in [0.3, 0.4) is 0 Å². The Bertz CT molecular complexity index is 1480. The van der Waals surface area contributed by atoms with Crippen molar-refractivity contribution in [2.45, 2.75) is 11.4 Å². The summed E-state index contributed by atoms with van der Waals surface area (Å²) in [5, 5.41) is 2.63. The highest BCUT2D eigenvalue weighted by Gasteiger charge is 2.39. The van der Waals surface area contributed by atoms with E-state index in [1.165, 1.54) is 11.8 Å². The molecule has 3 aromatic carbocycles. The molecule has 34 heavy (non-hydrogen) atoms. The number of amides is 1. The van der Waals surface area contributed by atoms with Gasteiger partial charge in [0.1, 0.15) is 4.91 Å². The third-order valence-corrected chi connectivity index (χ3v) is 8.24. The quantitative estimate of drug-likeness (QED) is 0.317. The van der Waals surface area contributed by atoms with Crippen molar-refractivity contribution in [3.8, 4) is 0 Å². The van der Waals surface area contributed by atoms with Crippen LogP contribution in [0.2, 0.25) is 0 Å². The lowest BCUT2D eigenvalue weighted by Gasteiger charge is -2.17. The van der Waals surface area contributed by atoms with Gasteiger partial charge in [-0.3, -0.25) is 14.7 Å². The number of hydrogen-bond acceptors (Lipinski definition) is 6. The topological polar surface area (TPSA) is 48.8 Å². The number of fused-ring (bicyclic) bond motifs is 2. The van der Waals surface area contributed by atoms with Gasteiger partial charge in [0, 0.05) is 23.5 Å². The van der Waals surface area contributed by atoms with Crippen molar-refractivity contribution < 1.29 is 4.79 Å². The van der Waals surface area contributed by atoms with Gasteiger partial charge in [-0.15, -0.1) is 0 Å². The van der Waals surface area contributed by atoms with Crippen LogP contribution in [0.25, 0.3) is 10.9 Å². The fourth-order valence-corrected chi connectivity index (χ4v) is 6.44. The zero-order chi connectivity index (χ0) is 23.1. The van der Waals surface area contributed by atoms with Crippen LogP contribution in [0.1, 0.15) is 5.56 Å². The highest BCUT2D eigenvalue weighted by Crippen LogP contribution is 2.50. The number of anilines is 1. The summed E-state index contributed by atoms with van der Waals surface area (Å²) in [7, 11) is 2.01. The minimum Gasteiger partial charge on any atom is -0.337 e. The average Bonchev–Trinajstić information content (AvgIpc) is 3.36. The van der Waals surface area contributed by atoms with E-state index in [4.69, 9.17) is 4.99 Å². The highest BCUT2D eigenvalue weighted by atomic mass is 32.2. The maximum atomic E-state index is 13.8. The smallest absolute Gasteiger partial charge is 0.269 e. The molecule has 2 aliphatic rings. The summed E-state index contributed by atoms with van der Waals surface area (Å²) < 4.78 is 0. The van der Waals surface area contributed by atoms with Gasteiger partial charge in [0.05, 0.1) is 28.5 Å². The Morgan fingerprint density at radius 3 is 2.53 bits per heavy atom. The predicted molar refractivity (Wildman–Crippen MR) is 141 cm³/mol. The lowest BCUT2D eigenvalue weighted by molar-refractivity contribution is -0.122. The number of carbonyl (C=O) groups excluding carboxylic acids is 1. The molecule has 0 unspecified atom stereocenters. The first-order valence-electron chi connectivity index (χ1n) is 10.9. The van der Waals surface area contributed by atoms with Crippen LogP contribution in [-0.2, 0) is 11.3 Å². The summed E-state index contributed by atoms with van der Waals surface area (Å²) in [6.45, 7) is 0.460. The first kappa shape index (κ1) is 21.0. The van der Waals surface area contributed by atoms with Gasteiger partial charge in [0.2, 0.25) is 0 Å². The van der Waals surface area contributed by atoms with Gasteiger partial charge in [0.15, 0.2) is 5.17 Å². The monoisotopic (exact) mass is 480 g/mol. The molecular weight excluding hydrogens is 460 g/mol. The first-order chi connectivity index (χ1) is 16.7. The number of amidine groups is 1. The molecule has 0 bridgehead atoms. The molecule has 7 heteroatoms. The number of benzene rings is 3. The minimum atomic E-state index is -0.0250. The number of pyridine rings is 1. The Hall–Kier alpha value is -3.55. The SMILES string of the molecule is CN1C(=C2SC(=Nc3cccc4cccnc34)N(Cc3ccccc3)C2=O)Sc2ccccc21. The van der Waals surface area contributed by atoms with E-state index in [0.717, 1.165) is 37.8 Å². The van der Waals surface area contributed by atoms with Crippen molar-refractivity contribution in [1.29, 1.82) is 0 Å². The summed E-state index contributed by atoms with van der Waals surface area (Å²) in [5.41, 5.74) is 3.75. The second-order valence-electron chi connectivity index (χ2n) is 7.99. The molecule has 4 aromatic rings. The molecule has 1 saturated heterocycles. The van der Waals surface area contributed by atoms with Crippen molar-refractivity contribution in [3.05, 3.63) is 107 Å². The number of carbonyl (C=O) groups is 1. The van der Waals surface area contributed by atoms with Gasteiger partial charge in [-0.05, 0) is 41.6 Å². The fraction of sp³-hybridized carbons (Fsp3) is 0.0741. The summed E-state index contributed by atoms with van der Waals surface area (Å²) in [6, 6.07) is 28.1. The van der Waals surface area contributed by atoms with Crippen LogP contribution in [-0.4, -0.2) is 28.0 Å². The summed E-state index contributed by atoms with van der Waals surface area (Å²) in [6.07, 6.45) is 1.77. The van der Waals surface area contributed by atoms with E-state index in [2.05, 4.69) is 22.0 Å². The molecule has 6 rings (SSSR count). The molecule has 1 fully saturated rings. The molecule has 5 nitrogen and oxygen atoms in total. The number of hydrogen-bond donors (Lipinski definition) is 0. The molecule has 0 aliphatic carbocycles. The van der Waals surface area contributed by atoms with E-state index in [0.29, 0.717) is 16.6 Å². The van der Waals surface area contributed by atoms with Crippen LogP contribution in [0.4, 0.5) is 11.4 Å². The van der Waals surface area contributed by atoms with E-state index < -0.39 is 0 Å². The van der Waals surface area contributed by atoms with Gasteiger partial charge in [-0.25, -0.2) is 4.99 Å². The first-order valence-corrected chi connectivity index (χ1v) is 12.5. The van der Waals surface area contributed by atoms with Gasteiger partial charge in [-0.1, -0.05) is 72.4 Å². The van der Waals surface area contributed by atoms with Crippen LogP contribution in [0, 0.1) is 0 Å². The number of para-hydroxylation sites is 2. The van der Waals surface area contributed by atoms with Gasteiger partial charge in [-0.2, -0.15) is 0 Å². The summed E-state index contributed by atoms with van der Waals surface area (Å²) in [4.78, 5) is 29.0. The molecule has 1 aromatic heterocycles. The maximum Gasteiger partial charge on any atom is 0.269 e. The van der Waals surface area contributed by atoms with E-state index in [9.17, 15) is 4.79 Å². The lowest BCUT2D eigenvalue weighted by atomic mass is 10.2. The lowest BCUT2D eigenvalue weighted by Crippen LogP contribution is -2.29. The zero-order valence-electron chi connectivity index (χ0n) is 18.4. The van der Waals surface area contributed by atoms with Crippen molar-refractivity contribution in [2.75, 3.05) is 11.9 Å². The number of thioether (sulfide) groups is 2. The number of nitrogens with zero attached hydrogens (tertiary/aromatic N) is 4. The van der Waals surface area contributed by atoms with Crippen molar-refractivity contribution in [3.63, 3.8) is 0 Å². The van der Waals surface area contributed by atoms with Crippen molar-refractivity contribution >= 4 is 56.9 Å². The molecule has 1 amide bonds.